The molecule has 0 radical (unpaired) electrons. The molecule has 2 amide bonds. The van der Waals surface area contributed by atoms with E-state index in [0.29, 0.717) is 6.04 Å². The van der Waals surface area contributed by atoms with Crippen LogP contribution in [0.3, 0.4) is 0 Å². The molecule has 0 aliphatic carbocycles. The van der Waals surface area contributed by atoms with Gasteiger partial charge in [0.05, 0.1) is 0 Å². The van der Waals surface area contributed by atoms with E-state index < -0.39 is 0 Å². The number of carbonyl (C=O) groups is 1. The molecule has 4 heteroatoms. The quantitative estimate of drug-likeness (QED) is 0.695. The molecule has 0 aromatic carbocycles. The second-order valence-electron chi connectivity index (χ2n) is 3.74. The smallest absolute Gasteiger partial charge is 0.319 e. The summed E-state index contributed by atoms with van der Waals surface area (Å²) in [6, 6.07) is 0.576. The standard InChI is InChI=1S/C9H19N3O/c1-11(2)9(13)12-7-5-8(12)4-3-6-10/h8H,3-7,10H2,1-2H3. The van der Waals surface area contributed by atoms with Crippen molar-refractivity contribution in [2.75, 3.05) is 27.2 Å². The summed E-state index contributed by atoms with van der Waals surface area (Å²) in [6.07, 6.45) is 3.21. The summed E-state index contributed by atoms with van der Waals surface area (Å²) in [4.78, 5) is 15.1. The normalized spacial score (nSPS) is 21.2. The lowest BCUT2D eigenvalue weighted by molar-refractivity contribution is 0.0900. The lowest BCUT2D eigenvalue weighted by Gasteiger charge is -2.42. The fourth-order valence-electron chi connectivity index (χ4n) is 1.60. The van der Waals surface area contributed by atoms with Crippen molar-refractivity contribution in [2.24, 2.45) is 5.73 Å². The lowest BCUT2D eigenvalue weighted by atomic mass is 9.98. The minimum Gasteiger partial charge on any atom is -0.331 e. The van der Waals surface area contributed by atoms with Crippen LogP contribution >= 0.6 is 0 Å². The van der Waals surface area contributed by atoms with Crippen LogP contribution in [0.2, 0.25) is 0 Å². The van der Waals surface area contributed by atoms with Crippen molar-refractivity contribution in [3.05, 3.63) is 0 Å². The number of nitrogens with zero attached hydrogens (tertiary/aromatic N) is 2. The van der Waals surface area contributed by atoms with Crippen LogP contribution in [0, 0.1) is 0 Å². The molecule has 1 fully saturated rings. The molecule has 0 bridgehead atoms. The second-order valence-corrected chi connectivity index (χ2v) is 3.74. The van der Waals surface area contributed by atoms with Gasteiger partial charge in [-0.3, -0.25) is 0 Å². The third-order valence-electron chi connectivity index (χ3n) is 2.51. The molecule has 1 aliphatic rings. The molecule has 1 aliphatic heterocycles. The van der Waals surface area contributed by atoms with Gasteiger partial charge < -0.3 is 15.5 Å². The molecule has 0 aromatic heterocycles. The highest BCUT2D eigenvalue weighted by Crippen LogP contribution is 2.22. The van der Waals surface area contributed by atoms with E-state index in [1.54, 1.807) is 19.0 Å². The van der Waals surface area contributed by atoms with Gasteiger partial charge in [-0.1, -0.05) is 0 Å². The van der Waals surface area contributed by atoms with Crippen molar-refractivity contribution in [2.45, 2.75) is 25.3 Å². The average Bonchev–Trinajstić information content (AvgIpc) is 2.03. The summed E-state index contributed by atoms with van der Waals surface area (Å²) in [5, 5.41) is 0. The van der Waals surface area contributed by atoms with Crippen LogP contribution < -0.4 is 5.73 Å². The van der Waals surface area contributed by atoms with Crippen LogP contribution in [0.25, 0.3) is 0 Å². The van der Waals surface area contributed by atoms with Gasteiger partial charge >= 0.3 is 6.03 Å². The highest BCUT2D eigenvalue weighted by molar-refractivity contribution is 5.75. The largest absolute Gasteiger partial charge is 0.331 e. The molecule has 4 nitrogen and oxygen atoms in total. The van der Waals surface area contributed by atoms with Gasteiger partial charge in [-0.05, 0) is 25.8 Å². The third-order valence-corrected chi connectivity index (χ3v) is 2.51. The molecule has 1 atom stereocenters. The Morgan fingerprint density at radius 1 is 1.62 bits per heavy atom. The summed E-state index contributed by atoms with van der Waals surface area (Å²) in [5.41, 5.74) is 5.42. The second kappa shape index (κ2) is 4.46. The zero-order chi connectivity index (χ0) is 9.84. The molecule has 1 rings (SSSR count). The number of amides is 2. The maximum Gasteiger partial charge on any atom is 0.319 e. The molecule has 1 unspecified atom stereocenters. The molecule has 1 heterocycles. The van der Waals surface area contributed by atoms with Gasteiger partial charge in [0, 0.05) is 26.7 Å². The van der Waals surface area contributed by atoms with Crippen molar-refractivity contribution in [1.29, 1.82) is 0 Å². The van der Waals surface area contributed by atoms with E-state index in [4.69, 9.17) is 5.73 Å². The topological polar surface area (TPSA) is 49.6 Å². The van der Waals surface area contributed by atoms with Gasteiger partial charge in [-0.2, -0.15) is 0 Å². The van der Waals surface area contributed by atoms with E-state index in [0.717, 1.165) is 32.4 Å². The molecular weight excluding hydrogens is 166 g/mol. The Labute approximate surface area is 79.7 Å². The maximum absolute atomic E-state index is 11.5. The van der Waals surface area contributed by atoms with Crippen molar-refractivity contribution in [3.63, 3.8) is 0 Å². The van der Waals surface area contributed by atoms with Gasteiger partial charge in [-0.25, -0.2) is 4.79 Å². The van der Waals surface area contributed by atoms with Crippen LogP contribution in [0.15, 0.2) is 0 Å². The zero-order valence-electron chi connectivity index (χ0n) is 8.49. The van der Waals surface area contributed by atoms with Crippen LogP contribution in [0.5, 0.6) is 0 Å². The highest BCUT2D eigenvalue weighted by atomic mass is 16.2. The van der Waals surface area contributed by atoms with E-state index in [-0.39, 0.29) is 6.03 Å². The SMILES string of the molecule is CN(C)C(=O)N1CCC1CCCN. The van der Waals surface area contributed by atoms with Gasteiger partial charge in [0.1, 0.15) is 0 Å². The number of hydrogen-bond donors (Lipinski definition) is 1. The van der Waals surface area contributed by atoms with Crippen LogP contribution in [-0.4, -0.2) is 49.1 Å². The van der Waals surface area contributed by atoms with Crippen molar-refractivity contribution in [3.8, 4) is 0 Å². The lowest BCUT2D eigenvalue weighted by Crippen LogP contribution is -2.54. The number of hydrogen-bond acceptors (Lipinski definition) is 2. The first-order chi connectivity index (χ1) is 6.16. The van der Waals surface area contributed by atoms with Crippen molar-refractivity contribution < 1.29 is 4.79 Å². The Balaban J connectivity index is 2.31. The van der Waals surface area contributed by atoms with E-state index in [1.165, 1.54) is 0 Å². The van der Waals surface area contributed by atoms with Crippen LogP contribution in [0.1, 0.15) is 19.3 Å². The summed E-state index contributed by atoms with van der Waals surface area (Å²) in [6.45, 7) is 1.63. The van der Waals surface area contributed by atoms with E-state index >= 15 is 0 Å². The number of likely N-dealkylation sites (tertiary alicyclic amines) is 1. The maximum atomic E-state index is 11.5. The van der Waals surface area contributed by atoms with Crippen LogP contribution in [-0.2, 0) is 0 Å². The van der Waals surface area contributed by atoms with Gasteiger partial charge in [0.25, 0.3) is 0 Å². The van der Waals surface area contributed by atoms with Gasteiger partial charge in [0.15, 0.2) is 0 Å². The monoisotopic (exact) mass is 185 g/mol. The average molecular weight is 185 g/mol. The van der Waals surface area contributed by atoms with Gasteiger partial charge in [-0.15, -0.1) is 0 Å². The zero-order valence-corrected chi connectivity index (χ0v) is 8.49. The summed E-state index contributed by atoms with van der Waals surface area (Å²) in [5.74, 6) is 0. The minimum atomic E-state index is 0.133. The Kier molecular flexibility index (Phi) is 3.54. The minimum absolute atomic E-state index is 0.133. The third kappa shape index (κ3) is 2.34. The molecule has 0 saturated carbocycles. The number of rotatable bonds is 3. The summed E-state index contributed by atoms with van der Waals surface area (Å²) >= 11 is 0. The van der Waals surface area contributed by atoms with Gasteiger partial charge in [0.2, 0.25) is 0 Å². The Morgan fingerprint density at radius 3 is 2.69 bits per heavy atom. The molecule has 1 saturated heterocycles. The molecule has 0 spiro atoms. The fourth-order valence-corrected chi connectivity index (χ4v) is 1.60. The predicted molar refractivity (Wildman–Crippen MR) is 52.5 cm³/mol. The summed E-state index contributed by atoms with van der Waals surface area (Å²) < 4.78 is 0. The van der Waals surface area contributed by atoms with E-state index in [1.807, 2.05) is 4.90 Å². The highest BCUT2D eigenvalue weighted by Gasteiger charge is 2.32. The fraction of sp³-hybridized carbons (Fsp3) is 0.889. The Hall–Kier alpha value is -0.770. The predicted octanol–water partition coefficient (Wildman–Crippen LogP) is 0.481. The number of carbonyl (C=O) groups excluding carboxylic acids is 1. The molecule has 0 aromatic rings. The molecule has 76 valence electrons. The number of nitrogens with two attached hydrogens (primary N) is 1. The first-order valence-corrected chi connectivity index (χ1v) is 4.84. The van der Waals surface area contributed by atoms with Crippen molar-refractivity contribution >= 4 is 6.03 Å². The Bertz CT molecular complexity index is 182. The van der Waals surface area contributed by atoms with E-state index in [2.05, 4.69) is 0 Å². The molecular formula is C9H19N3O. The Morgan fingerprint density at radius 2 is 2.31 bits per heavy atom. The first-order valence-electron chi connectivity index (χ1n) is 4.84. The van der Waals surface area contributed by atoms with E-state index in [9.17, 15) is 4.79 Å². The number of urea groups is 1. The summed E-state index contributed by atoms with van der Waals surface area (Å²) in [7, 11) is 3.58. The molecule has 13 heavy (non-hydrogen) atoms. The first kappa shape index (κ1) is 10.3. The molecule has 2 N–H and O–H groups in total. The van der Waals surface area contributed by atoms with Crippen LogP contribution in [0.4, 0.5) is 4.79 Å². The van der Waals surface area contributed by atoms with Crippen molar-refractivity contribution in [1.82, 2.24) is 9.80 Å².